The Kier molecular flexibility index (Phi) is 4.59. The van der Waals surface area contributed by atoms with Crippen LogP contribution < -0.4 is 10.3 Å². The van der Waals surface area contributed by atoms with Crippen molar-refractivity contribution in [2.45, 2.75) is 12.5 Å². The van der Waals surface area contributed by atoms with E-state index in [4.69, 9.17) is 27.9 Å². The van der Waals surface area contributed by atoms with Crippen molar-refractivity contribution < 1.29 is 19.1 Å². The fraction of sp³-hybridized carbons (Fsp3) is 0.200. The molecule has 0 saturated carbocycles. The molecule has 9 heteroatoms. The molecule has 7 nitrogen and oxygen atoms in total. The van der Waals surface area contributed by atoms with Gasteiger partial charge in [-0.1, -0.05) is 53.0 Å². The van der Waals surface area contributed by atoms with E-state index in [2.05, 4.69) is 10.5 Å². The minimum atomic E-state index is -1.57. The number of rotatable bonds is 3. The Morgan fingerprint density at radius 1 is 1.17 bits per heavy atom. The van der Waals surface area contributed by atoms with Gasteiger partial charge in [-0.25, -0.2) is 9.69 Å². The van der Waals surface area contributed by atoms with Crippen LogP contribution in [0.3, 0.4) is 0 Å². The zero-order chi connectivity index (χ0) is 20.9. The third-order valence-corrected chi connectivity index (χ3v) is 5.66. The molecule has 0 aromatic heterocycles. The predicted octanol–water partition coefficient (Wildman–Crippen LogP) is 2.82. The Morgan fingerprint density at radius 2 is 1.86 bits per heavy atom. The second-order valence-corrected chi connectivity index (χ2v) is 7.63. The average molecular weight is 432 g/mol. The number of imide groups is 1. The lowest BCUT2D eigenvalue weighted by atomic mass is 9.78. The highest BCUT2D eigenvalue weighted by molar-refractivity contribution is 6.48. The van der Waals surface area contributed by atoms with E-state index in [1.54, 1.807) is 12.1 Å². The molecule has 148 valence electrons. The van der Waals surface area contributed by atoms with Crippen LogP contribution in [0.4, 0.5) is 5.69 Å². The molecule has 2 aromatic rings. The van der Waals surface area contributed by atoms with Crippen LogP contribution in [0.1, 0.15) is 11.1 Å². The largest absolute Gasteiger partial charge is 0.464 e. The molecule has 29 heavy (non-hydrogen) atoms. The summed E-state index contributed by atoms with van der Waals surface area (Å²) in [6, 6.07) is 11.5. The highest BCUT2D eigenvalue weighted by atomic mass is 35.5. The molecule has 2 aliphatic rings. The summed E-state index contributed by atoms with van der Waals surface area (Å²) < 4.78 is 4.77. The second-order valence-electron chi connectivity index (χ2n) is 6.78. The van der Waals surface area contributed by atoms with Crippen LogP contribution in [0.2, 0.25) is 10.0 Å². The number of nitrogens with one attached hydrogen (secondary N) is 1. The normalized spacial score (nSPS) is 23.0. The number of halogens is 2. The van der Waals surface area contributed by atoms with E-state index >= 15 is 0 Å². The number of aryl methyl sites for hydroxylation is 1. The Balaban J connectivity index is 1.91. The number of hydrogen-bond acceptors (Lipinski definition) is 6. The van der Waals surface area contributed by atoms with Gasteiger partial charge in [-0.2, -0.15) is 5.10 Å². The first kappa shape index (κ1) is 19.4. The fourth-order valence-corrected chi connectivity index (χ4v) is 4.18. The number of nitrogens with zero attached hydrogens (tertiary/aromatic N) is 2. The molecular weight excluding hydrogens is 417 g/mol. The van der Waals surface area contributed by atoms with Crippen LogP contribution in [0.15, 0.2) is 47.6 Å². The number of anilines is 1. The van der Waals surface area contributed by atoms with Gasteiger partial charge in [0.05, 0.1) is 17.8 Å². The molecule has 0 radical (unpaired) electrons. The van der Waals surface area contributed by atoms with Gasteiger partial charge in [-0.3, -0.25) is 15.0 Å². The lowest BCUT2D eigenvalue weighted by Gasteiger charge is -2.26. The number of hydrogen-bond donors (Lipinski definition) is 1. The second kappa shape index (κ2) is 6.86. The minimum absolute atomic E-state index is 0.134. The van der Waals surface area contributed by atoms with Gasteiger partial charge in [0.1, 0.15) is 5.92 Å². The molecular formula is C20H15Cl2N3O4. The van der Waals surface area contributed by atoms with E-state index in [-0.39, 0.29) is 16.4 Å². The first-order chi connectivity index (χ1) is 13.8. The lowest BCUT2D eigenvalue weighted by Crippen LogP contribution is -2.48. The number of carbonyl (C=O) groups excluding carboxylic acids is 3. The summed E-state index contributed by atoms with van der Waals surface area (Å²) in [4.78, 5) is 40.3. The summed E-state index contributed by atoms with van der Waals surface area (Å²) in [5, 5.41) is 4.49. The molecule has 2 atom stereocenters. The SMILES string of the molecule is COC(=O)C1=NN[C@]2(c3ccc(C)cc3)C(=O)N(c3ccc(Cl)cc3Cl)C(=O)[C@H]12. The zero-order valence-corrected chi connectivity index (χ0v) is 16.9. The number of carbonyl (C=O) groups is 3. The molecule has 0 spiro atoms. The van der Waals surface area contributed by atoms with Gasteiger partial charge in [-0.05, 0) is 30.7 Å². The number of esters is 1. The third kappa shape index (κ3) is 2.73. The maximum absolute atomic E-state index is 13.6. The number of ether oxygens (including phenoxy) is 1. The highest BCUT2D eigenvalue weighted by Crippen LogP contribution is 2.46. The minimum Gasteiger partial charge on any atom is -0.464 e. The summed E-state index contributed by atoms with van der Waals surface area (Å²) in [5.74, 6) is -3.21. The van der Waals surface area contributed by atoms with Crippen LogP contribution in [-0.2, 0) is 24.7 Å². The van der Waals surface area contributed by atoms with Gasteiger partial charge in [0.15, 0.2) is 11.3 Å². The van der Waals surface area contributed by atoms with Crippen LogP contribution in [-0.4, -0.2) is 30.6 Å². The number of fused-ring (bicyclic) bond motifs is 1. The van der Waals surface area contributed by atoms with Crippen molar-refractivity contribution in [2.24, 2.45) is 11.0 Å². The maximum Gasteiger partial charge on any atom is 0.355 e. The predicted molar refractivity (Wildman–Crippen MR) is 108 cm³/mol. The fourth-order valence-electron chi connectivity index (χ4n) is 3.69. The summed E-state index contributed by atoms with van der Waals surface area (Å²) in [6.07, 6.45) is 0. The van der Waals surface area contributed by atoms with Crippen molar-refractivity contribution in [3.8, 4) is 0 Å². The summed E-state index contributed by atoms with van der Waals surface area (Å²) >= 11 is 12.2. The van der Waals surface area contributed by atoms with Gasteiger partial charge in [0.2, 0.25) is 5.91 Å². The summed E-state index contributed by atoms with van der Waals surface area (Å²) in [6.45, 7) is 1.90. The molecule has 1 fully saturated rings. The molecule has 0 aliphatic carbocycles. The molecule has 1 saturated heterocycles. The topological polar surface area (TPSA) is 88.1 Å². The first-order valence-electron chi connectivity index (χ1n) is 8.65. The van der Waals surface area contributed by atoms with Gasteiger partial charge in [0.25, 0.3) is 5.91 Å². The van der Waals surface area contributed by atoms with Crippen LogP contribution in [0.25, 0.3) is 0 Å². The van der Waals surface area contributed by atoms with Crippen LogP contribution in [0.5, 0.6) is 0 Å². The van der Waals surface area contributed by atoms with E-state index in [1.807, 2.05) is 19.1 Å². The lowest BCUT2D eigenvalue weighted by molar-refractivity contribution is -0.133. The average Bonchev–Trinajstić information content (AvgIpc) is 3.19. The molecule has 2 aliphatic heterocycles. The van der Waals surface area contributed by atoms with E-state index in [9.17, 15) is 14.4 Å². The number of hydrazone groups is 1. The van der Waals surface area contributed by atoms with E-state index in [0.717, 1.165) is 10.5 Å². The van der Waals surface area contributed by atoms with Gasteiger partial charge in [0, 0.05) is 5.02 Å². The number of methoxy groups -OCH3 is 1. The molecule has 4 rings (SSSR count). The van der Waals surface area contributed by atoms with Crippen molar-refractivity contribution in [3.63, 3.8) is 0 Å². The maximum atomic E-state index is 13.6. The Hall–Kier alpha value is -2.90. The van der Waals surface area contributed by atoms with Crippen molar-refractivity contribution >= 4 is 52.4 Å². The monoisotopic (exact) mass is 431 g/mol. The molecule has 2 heterocycles. The standard InChI is InChI=1S/C20H15Cl2N3O4/c1-10-3-5-11(6-4-10)20-15(16(23-24-20)18(27)29-2)17(26)25(19(20)28)14-8-7-12(21)9-13(14)22/h3-9,15,24H,1-2H3/t15-,20-/m0/s1. The Morgan fingerprint density at radius 3 is 2.48 bits per heavy atom. The zero-order valence-electron chi connectivity index (χ0n) is 15.4. The van der Waals surface area contributed by atoms with Crippen molar-refractivity contribution in [1.82, 2.24) is 5.43 Å². The van der Waals surface area contributed by atoms with E-state index in [1.165, 1.54) is 25.3 Å². The van der Waals surface area contributed by atoms with Crippen molar-refractivity contribution in [2.75, 3.05) is 12.0 Å². The Labute approximate surface area is 176 Å². The molecule has 1 N–H and O–H groups in total. The first-order valence-corrected chi connectivity index (χ1v) is 9.40. The molecule has 0 bridgehead atoms. The van der Waals surface area contributed by atoms with Crippen LogP contribution in [0, 0.1) is 12.8 Å². The summed E-state index contributed by atoms with van der Waals surface area (Å²) in [7, 11) is 1.19. The highest BCUT2D eigenvalue weighted by Gasteiger charge is 2.67. The van der Waals surface area contributed by atoms with Crippen molar-refractivity contribution in [1.29, 1.82) is 0 Å². The third-order valence-electron chi connectivity index (χ3n) is 5.12. The number of benzene rings is 2. The quantitative estimate of drug-likeness (QED) is 0.596. The smallest absolute Gasteiger partial charge is 0.355 e. The van der Waals surface area contributed by atoms with Crippen molar-refractivity contribution in [3.05, 3.63) is 63.6 Å². The van der Waals surface area contributed by atoms with Gasteiger partial charge >= 0.3 is 5.97 Å². The van der Waals surface area contributed by atoms with E-state index in [0.29, 0.717) is 10.6 Å². The van der Waals surface area contributed by atoms with Gasteiger partial charge < -0.3 is 4.74 Å². The molecule has 2 amide bonds. The van der Waals surface area contributed by atoms with Crippen LogP contribution >= 0.6 is 23.2 Å². The van der Waals surface area contributed by atoms with Gasteiger partial charge in [-0.15, -0.1) is 0 Å². The van der Waals surface area contributed by atoms with E-state index < -0.39 is 29.2 Å². The molecule has 0 unspecified atom stereocenters. The summed E-state index contributed by atoms with van der Waals surface area (Å²) in [5.41, 5.74) is 2.67. The molecule has 2 aromatic carbocycles. The Bertz CT molecular complexity index is 1080. The number of amides is 2.